The molecule has 0 amide bonds. The van der Waals surface area contributed by atoms with E-state index in [0.29, 0.717) is 5.92 Å². The number of hydrogen-bond acceptors (Lipinski definition) is 5. The van der Waals surface area contributed by atoms with Gasteiger partial charge in [-0.25, -0.2) is 9.97 Å². The first-order chi connectivity index (χ1) is 12.2. The molecule has 25 heavy (non-hydrogen) atoms. The second-order valence-electron chi connectivity index (χ2n) is 6.88. The Morgan fingerprint density at radius 3 is 2.96 bits per heavy atom. The van der Waals surface area contributed by atoms with Crippen LogP contribution in [0, 0.1) is 6.92 Å². The zero-order valence-electron chi connectivity index (χ0n) is 14.8. The van der Waals surface area contributed by atoms with Crippen LogP contribution in [0.3, 0.4) is 0 Å². The van der Waals surface area contributed by atoms with E-state index >= 15 is 0 Å². The Morgan fingerprint density at radius 1 is 1.28 bits per heavy atom. The van der Waals surface area contributed by atoms with Crippen molar-refractivity contribution >= 4 is 11.3 Å². The number of imidazole rings is 1. The summed E-state index contributed by atoms with van der Waals surface area (Å²) in [5.74, 6) is 1.68. The third-order valence-corrected chi connectivity index (χ3v) is 5.58. The molecule has 1 unspecified atom stereocenters. The summed E-state index contributed by atoms with van der Waals surface area (Å²) in [6.07, 6.45) is 8.57. The molecule has 6 nitrogen and oxygen atoms in total. The molecule has 3 aromatic rings. The largest absolute Gasteiger partial charge is 0.329 e. The van der Waals surface area contributed by atoms with Crippen molar-refractivity contribution in [2.24, 2.45) is 7.05 Å². The molecule has 0 aromatic carbocycles. The Kier molecular flexibility index (Phi) is 4.67. The number of thiazole rings is 1. The number of aromatic nitrogens is 5. The summed E-state index contributed by atoms with van der Waals surface area (Å²) in [5, 5.41) is 6.58. The Morgan fingerprint density at radius 2 is 2.20 bits per heavy atom. The van der Waals surface area contributed by atoms with Crippen LogP contribution in [0.1, 0.15) is 41.5 Å². The van der Waals surface area contributed by atoms with E-state index < -0.39 is 0 Å². The Labute approximate surface area is 152 Å². The Hall–Kier alpha value is -1.99. The van der Waals surface area contributed by atoms with Crippen LogP contribution >= 0.6 is 11.3 Å². The smallest absolute Gasteiger partial charge is 0.113 e. The van der Waals surface area contributed by atoms with Crippen LogP contribution < -0.4 is 0 Å². The monoisotopic (exact) mass is 356 g/mol. The van der Waals surface area contributed by atoms with Crippen LogP contribution in [-0.4, -0.2) is 42.3 Å². The molecule has 0 radical (unpaired) electrons. The van der Waals surface area contributed by atoms with E-state index in [1.54, 1.807) is 11.3 Å². The van der Waals surface area contributed by atoms with Gasteiger partial charge in [-0.15, -0.1) is 11.3 Å². The highest BCUT2D eigenvalue weighted by atomic mass is 32.1. The maximum absolute atomic E-state index is 4.68. The van der Waals surface area contributed by atoms with E-state index in [1.807, 2.05) is 23.4 Å². The fraction of sp³-hybridized carbons (Fsp3) is 0.500. The highest BCUT2D eigenvalue weighted by Gasteiger charge is 2.25. The summed E-state index contributed by atoms with van der Waals surface area (Å²) in [5.41, 5.74) is 5.47. The van der Waals surface area contributed by atoms with Gasteiger partial charge in [-0.05, 0) is 26.3 Å². The maximum Gasteiger partial charge on any atom is 0.113 e. The normalized spacial score (nSPS) is 18.7. The van der Waals surface area contributed by atoms with Crippen LogP contribution in [0.5, 0.6) is 0 Å². The molecule has 0 saturated carbocycles. The number of nitrogens with zero attached hydrogens (tertiary/aromatic N) is 6. The summed E-state index contributed by atoms with van der Waals surface area (Å²) < 4.78 is 4.17. The molecule has 0 bridgehead atoms. The lowest BCUT2D eigenvalue weighted by Crippen LogP contribution is -2.35. The summed E-state index contributed by atoms with van der Waals surface area (Å²) in [6, 6.07) is 0. The first kappa shape index (κ1) is 16.5. The highest BCUT2D eigenvalue weighted by molar-refractivity contribution is 7.07. The van der Waals surface area contributed by atoms with Crippen molar-refractivity contribution in [3.63, 3.8) is 0 Å². The van der Waals surface area contributed by atoms with Gasteiger partial charge in [0.05, 0.1) is 23.4 Å². The molecule has 1 atom stereocenters. The third kappa shape index (κ3) is 3.67. The molecule has 0 spiro atoms. The summed E-state index contributed by atoms with van der Waals surface area (Å²) >= 11 is 1.65. The number of likely N-dealkylation sites (tertiary alicyclic amines) is 1. The van der Waals surface area contributed by atoms with Gasteiger partial charge in [0, 0.05) is 55.6 Å². The number of hydrogen-bond donors (Lipinski definition) is 0. The van der Waals surface area contributed by atoms with Gasteiger partial charge >= 0.3 is 0 Å². The molecular formula is C18H24N6S. The van der Waals surface area contributed by atoms with E-state index in [4.69, 9.17) is 0 Å². The topological polar surface area (TPSA) is 51.8 Å². The second kappa shape index (κ2) is 7.09. The Balaban J connectivity index is 1.46. The summed E-state index contributed by atoms with van der Waals surface area (Å²) in [6.45, 7) is 6.09. The summed E-state index contributed by atoms with van der Waals surface area (Å²) in [4.78, 5) is 11.6. The molecule has 0 N–H and O–H groups in total. The predicted octanol–water partition coefficient (Wildman–Crippen LogP) is 2.81. The van der Waals surface area contributed by atoms with Gasteiger partial charge in [-0.1, -0.05) is 0 Å². The minimum Gasteiger partial charge on any atom is -0.329 e. The van der Waals surface area contributed by atoms with Crippen LogP contribution in [0.15, 0.2) is 29.5 Å². The molecular weight excluding hydrogens is 332 g/mol. The molecule has 132 valence electrons. The van der Waals surface area contributed by atoms with Crippen molar-refractivity contribution in [3.8, 4) is 0 Å². The van der Waals surface area contributed by atoms with Crippen molar-refractivity contribution < 1.29 is 0 Å². The number of piperidine rings is 1. The minimum atomic E-state index is 0.486. The van der Waals surface area contributed by atoms with E-state index in [1.165, 1.54) is 24.2 Å². The zero-order valence-corrected chi connectivity index (χ0v) is 15.6. The van der Waals surface area contributed by atoms with Crippen molar-refractivity contribution in [2.75, 3.05) is 13.1 Å². The van der Waals surface area contributed by atoms with Crippen molar-refractivity contribution in [2.45, 2.75) is 38.8 Å². The molecule has 1 saturated heterocycles. The number of aryl methyl sites for hydroxylation is 2. The average Bonchev–Trinajstić information content (AvgIpc) is 3.32. The zero-order chi connectivity index (χ0) is 17.2. The minimum absolute atomic E-state index is 0.486. The SMILES string of the molecule is Cc1nn(C)cc1CN1CCCC(c2nccn2Cc2cscn2)C1. The van der Waals surface area contributed by atoms with E-state index in [9.17, 15) is 0 Å². The third-order valence-electron chi connectivity index (χ3n) is 4.94. The first-order valence-electron chi connectivity index (χ1n) is 8.78. The first-order valence-corrected chi connectivity index (χ1v) is 9.73. The van der Waals surface area contributed by atoms with E-state index in [2.05, 4.69) is 49.2 Å². The molecule has 1 fully saturated rings. The van der Waals surface area contributed by atoms with Gasteiger partial charge in [0.2, 0.25) is 0 Å². The highest BCUT2D eigenvalue weighted by Crippen LogP contribution is 2.27. The standard InChI is InChI=1S/C18H24N6S/c1-14-16(8-22(2)21-14)10-23-6-3-4-15(9-23)18-19-5-7-24(18)11-17-12-25-13-20-17/h5,7-8,12-13,15H,3-4,6,9-11H2,1-2H3. The fourth-order valence-corrected chi connectivity index (χ4v) is 4.31. The van der Waals surface area contributed by atoms with Crippen molar-refractivity contribution in [1.29, 1.82) is 0 Å². The Bertz CT molecular complexity index is 819. The molecule has 0 aliphatic carbocycles. The van der Waals surface area contributed by atoms with Gasteiger partial charge in [-0.2, -0.15) is 5.10 Å². The second-order valence-corrected chi connectivity index (χ2v) is 7.60. The average molecular weight is 356 g/mol. The van der Waals surface area contributed by atoms with E-state index in [0.717, 1.165) is 37.6 Å². The molecule has 3 aromatic heterocycles. The predicted molar refractivity (Wildman–Crippen MR) is 98.6 cm³/mol. The summed E-state index contributed by atoms with van der Waals surface area (Å²) in [7, 11) is 1.99. The fourth-order valence-electron chi connectivity index (χ4n) is 3.76. The molecule has 4 heterocycles. The van der Waals surface area contributed by atoms with Gasteiger partial charge in [0.15, 0.2) is 0 Å². The van der Waals surface area contributed by atoms with Crippen LogP contribution in [-0.2, 0) is 20.1 Å². The molecule has 7 heteroatoms. The van der Waals surface area contributed by atoms with Gasteiger partial charge in [-0.3, -0.25) is 9.58 Å². The lowest BCUT2D eigenvalue weighted by atomic mass is 9.96. The molecule has 4 rings (SSSR count). The van der Waals surface area contributed by atoms with Gasteiger partial charge in [0.25, 0.3) is 0 Å². The van der Waals surface area contributed by atoms with Gasteiger partial charge < -0.3 is 4.57 Å². The van der Waals surface area contributed by atoms with E-state index in [-0.39, 0.29) is 0 Å². The van der Waals surface area contributed by atoms with Crippen LogP contribution in [0.25, 0.3) is 0 Å². The lowest BCUT2D eigenvalue weighted by Gasteiger charge is -2.32. The van der Waals surface area contributed by atoms with Crippen LogP contribution in [0.2, 0.25) is 0 Å². The van der Waals surface area contributed by atoms with Crippen molar-refractivity contribution in [3.05, 3.63) is 52.3 Å². The van der Waals surface area contributed by atoms with Crippen LogP contribution in [0.4, 0.5) is 0 Å². The van der Waals surface area contributed by atoms with Gasteiger partial charge in [0.1, 0.15) is 5.82 Å². The van der Waals surface area contributed by atoms with Crippen molar-refractivity contribution in [1.82, 2.24) is 29.2 Å². The quantitative estimate of drug-likeness (QED) is 0.705. The molecule has 1 aliphatic rings. The maximum atomic E-state index is 4.68. The lowest BCUT2D eigenvalue weighted by molar-refractivity contribution is 0.194. The number of rotatable bonds is 5. The molecule has 1 aliphatic heterocycles.